The Kier molecular flexibility index (Phi) is 7.66. The van der Waals surface area contributed by atoms with Crippen LogP contribution in [0.25, 0.3) is 0 Å². The highest BCUT2D eigenvalue weighted by Crippen LogP contribution is 2.75. The fourth-order valence-corrected chi connectivity index (χ4v) is 11.9. The molecular weight excluding hydrogens is 560 g/mol. The molecule has 4 N–H and O–H groups in total. The van der Waals surface area contributed by atoms with Crippen LogP contribution >= 0.6 is 0 Å². The summed E-state index contributed by atoms with van der Waals surface area (Å²) in [6, 6.07) is 0. The van der Waals surface area contributed by atoms with E-state index in [0.717, 1.165) is 44.9 Å². The molecule has 8 heteroatoms. The molecule has 8 nitrogen and oxygen atoms in total. The van der Waals surface area contributed by atoms with Crippen LogP contribution in [0, 0.1) is 50.2 Å². The lowest BCUT2D eigenvalue weighted by molar-refractivity contribution is -0.296. The molecule has 6 aliphatic rings. The number of carbonyl (C=O) groups excluding carboxylic acids is 1. The zero-order valence-electron chi connectivity index (χ0n) is 27.9. The second-order valence-corrected chi connectivity index (χ2v) is 17.6. The maximum Gasteiger partial charge on any atom is 0.309 e. The first-order valence-corrected chi connectivity index (χ1v) is 17.1. The number of allylic oxidation sites excluding steroid dienone is 2. The molecular formula is C36H56O8. The minimum Gasteiger partial charge on any atom is -0.481 e. The Labute approximate surface area is 263 Å². The second kappa shape index (κ2) is 10.3. The van der Waals surface area contributed by atoms with E-state index in [2.05, 4.69) is 41.5 Å². The lowest BCUT2D eigenvalue weighted by Gasteiger charge is -2.70. The fourth-order valence-electron chi connectivity index (χ4n) is 11.9. The Morgan fingerprint density at radius 3 is 2.32 bits per heavy atom. The SMILES string of the molecule is CC1(C)[C@H]2CC[C@]3(C)[C@H](C(=O)C=C4[C@H]5C[C@@](C)(C(=O)O)CC[C@]5(C)CC[C@]43C)[C@@]2(C)CC[C@H]1O[C@@H]1C[C@H](O)[C@H](O)[C@H](CO)O1. The van der Waals surface area contributed by atoms with Gasteiger partial charge in [-0.05, 0) is 110 Å². The van der Waals surface area contributed by atoms with Crippen molar-refractivity contribution in [1.82, 2.24) is 0 Å². The van der Waals surface area contributed by atoms with Gasteiger partial charge in [-0.25, -0.2) is 0 Å². The highest BCUT2D eigenvalue weighted by atomic mass is 16.7. The van der Waals surface area contributed by atoms with Gasteiger partial charge in [0.15, 0.2) is 12.1 Å². The van der Waals surface area contributed by atoms with Gasteiger partial charge in [0.2, 0.25) is 0 Å². The average Bonchev–Trinajstić information content (AvgIpc) is 2.94. The van der Waals surface area contributed by atoms with E-state index in [0.29, 0.717) is 12.8 Å². The van der Waals surface area contributed by atoms with Crippen molar-refractivity contribution >= 4 is 11.8 Å². The molecule has 13 atom stereocenters. The van der Waals surface area contributed by atoms with Crippen molar-refractivity contribution in [1.29, 1.82) is 0 Å². The number of carboxylic acids is 1. The predicted molar refractivity (Wildman–Crippen MR) is 164 cm³/mol. The quantitative estimate of drug-likeness (QED) is 0.314. The molecule has 5 aliphatic carbocycles. The first-order chi connectivity index (χ1) is 20.4. The summed E-state index contributed by atoms with van der Waals surface area (Å²) < 4.78 is 12.4. The molecule has 0 aromatic rings. The average molecular weight is 617 g/mol. The van der Waals surface area contributed by atoms with Gasteiger partial charge in [0.05, 0.1) is 24.2 Å². The maximum atomic E-state index is 14.6. The summed E-state index contributed by atoms with van der Waals surface area (Å²) in [5.74, 6) is -0.267. The predicted octanol–water partition coefficient (Wildman–Crippen LogP) is 5.27. The number of fused-ring (bicyclic) bond motifs is 7. The van der Waals surface area contributed by atoms with Crippen LogP contribution in [-0.4, -0.2) is 69.5 Å². The van der Waals surface area contributed by atoms with Crippen LogP contribution < -0.4 is 0 Å². The molecule has 4 saturated carbocycles. The van der Waals surface area contributed by atoms with Crippen molar-refractivity contribution in [3.05, 3.63) is 11.6 Å². The molecule has 1 saturated heterocycles. The Morgan fingerprint density at radius 2 is 1.66 bits per heavy atom. The topological polar surface area (TPSA) is 134 Å². The number of ether oxygens (including phenoxy) is 2. The Bertz CT molecular complexity index is 1230. The molecule has 0 aromatic carbocycles. The number of ketones is 1. The molecule has 1 heterocycles. The summed E-state index contributed by atoms with van der Waals surface area (Å²) in [5.41, 5.74) is -0.373. The summed E-state index contributed by atoms with van der Waals surface area (Å²) >= 11 is 0. The van der Waals surface area contributed by atoms with Crippen LogP contribution in [0.3, 0.4) is 0 Å². The van der Waals surface area contributed by atoms with E-state index < -0.39 is 36.0 Å². The smallest absolute Gasteiger partial charge is 0.309 e. The number of carboxylic acid groups (broad SMARTS) is 1. The minimum absolute atomic E-state index is 0.0299. The Balaban J connectivity index is 1.31. The molecule has 0 bridgehead atoms. The van der Waals surface area contributed by atoms with Crippen LogP contribution in [0.4, 0.5) is 0 Å². The number of carbonyl (C=O) groups is 2. The van der Waals surface area contributed by atoms with Gasteiger partial charge in [0.1, 0.15) is 12.2 Å². The molecule has 0 spiro atoms. The monoisotopic (exact) mass is 616 g/mol. The highest BCUT2D eigenvalue weighted by Gasteiger charge is 2.70. The van der Waals surface area contributed by atoms with E-state index in [4.69, 9.17) is 9.47 Å². The number of rotatable bonds is 4. The standard InChI is InChI=1S/C36H56O8/c1-31(2)25-8-11-36(7)29(34(25,5)10-9-26(31)44-27-17-22(38)28(40)24(19-37)43-27)23(39)16-20-21-18-33(4,30(41)42)13-12-32(21,3)14-15-35(20,36)6/h16,21-22,24-29,37-38,40H,8-15,17-19H2,1-7H3,(H,41,42)/t21-,22+,24+,25-,26-,27-,28+,29-,32-,33+,34+,35-,36-/m1/s1. The summed E-state index contributed by atoms with van der Waals surface area (Å²) in [6.45, 7) is 15.4. The zero-order chi connectivity index (χ0) is 32.3. The summed E-state index contributed by atoms with van der Waals surface area (Å²) in [7, 11) is 0. The Hall–Kier alpha value is -1.32. The van der Waals surface area contributed by atoms with Gasteiger partial charge in [-0.2, -0.15) is 0 Å². The fraction of sp³-hybridized carbons (Fsp3) is 0.889. The molecule has 0 aromatic heterocycles. The largest absolute Gasteiger partial charge is 0.481 e. The summed E-state index contributed by atoms with van der Waals surface area (Å²) in [4.78, 5) is 27.0. The van der Waals surface area contributed by atoms with Gasteiger partial charge in [-0.1, -0.05) is 47.1 Å². The van der Waals surface area contributed by atoms with Crippen molar-refractivity contribution in [2.24, 2.45) is 50.2 Å². The van der Waals surface area contributed by atoms with Crippen molar-refractivity contribution in [3.63, 3.8) is 0 Å². The molecule has 248 valence electrons. The van der Waals surface area contributed by atoms with Crippen LogP contribution in [0.15, 0.2) is 11.6 Å². The van der Waals surface area contributed by atoms with E-state index in [1.807, 2.05) is 13.0 Å². The van der Waals surface area contributed by atoms with E-state index in [9.17, 15) is 30.0 Å². The summed E-state index contributed by atoms with van der Waals surface area (Å²) in [5, 5.41) is 40.4. The van der Waals surface area contributed by atoms with E-state index in [1.54, 1.807) is 0 Å². The minimum atomic E-state index is -1.14. The normalized spacial score (nSPS) is 53.4. The lowest BCUT2D eigenvalue weighted by Crippen LogP contribution is -2.67. The molecule has 0 amide bonds. The molecule has 6 rings (SSSR count). The van der Waals surface area contributed by atoms with E-state index in [1.165, 1.54) is 5.57 Å². The van der Waals surface area contributed by atoms with Crippen LogP contribution in [0.1, 0.15) is 113 Å². The molecule has 44 heavy (non-hydrogen) atoms. The number of aliphatic carboxylic acids is 1. The zero-order valence-corrected chi connectivity index (χ0v) is 27.9. The van der Waals surface area contributed by atoms with E-state index >= 15 is 0 Å². The highest BCUT2D eigenvalue weighted by molar-refractivity contribution is 5.95. The van der Waals surface area contributed by atoms with Crippen LogP contribution in [-0.2, 0) is 19.1 Å². The molecule has 5 fully saturated rings. The van der Waals surface area contributed by atoms with Crippen molar-refractivity contribution in [2.75, 3.05) is 6.61 Å². The number of hydrogen-bond acceptors (Lipinski definition) is 7. The number of aliphatic hydroxyl groups is 3. The molecule has 0 radical (unpaired) electrons. The number of aliphatic hydroxyl groups excluding tert-OH is 3. The molecule has 0 unspecified atom stereocenters. The van der Waals surface area contributed by atoms with Crippen molar-refractivity contribution in [2.45, 2.75) is 143 Å². The Morgan fingerprint density at radius 1 is 0.977 bits per heavy atom. The van der Waals surface area contributed by atoms with Gasteiger partial charge >= 0.3 is 5.97 Å². The van der Waals surface area contributed by atoms with E-state index in [-0.39, 0.29) is 69.7 Å². The van der Waals surface area contributed by atoms with Gasteiger partial charge in [0.25, 0.3) is 0 Å². The first-order valence-electron chi connectivity index (χ1n) is 17.1. The van der Waals surface area contributed by atoms with Crippen LogP contribution in [0.2, 0.25) is 0 Å². The van der Waals surface area contributed by atoms with Gasteiger partial charge in [-0.15, -0.1) is 0 Å². The lowest BCUT2D eigenvalue weighted by atomic mass is 9.33. The summed E-state index contributed by atoms with van der Waals surface area (Å²) in [6.07, 6.45) is 6.05. The van der Waals surface area contributed by atoms with Crippen molar-refractivity contribution < 1.29 is 39.5 Å². The maximum absolute atomic E-state index is 14.6. The van der Waals surface area contributed by atoms with Gasteiger partial charge in [0, 0.05) is 12.3 Å². The first kappa shape index (κ1) is 32.6. The number of hydrogen-bond donors (Lipinski definition) is 4. The van der Waals surface area contributed by atoms with Gasteiger partial charge in [-0.3, -0.25) is 9.59 Å². The van der Waals surface area contributed by atoms with Crippen LogP contribution in [0.5, 0.6) is 0 Å². The third-order valence-electron chi connectivity index (χ3n) is 15.1. The van der Waals surface area contributed by atoms with Gasteiger partial charge < -0.3 is 29.9 Å². The second-order valence-electron chi connectivity index (χ2n) is 17.6. The third kappa shape index (κ3) is 4.40. The third-order valence-corrected chi connectivity index (χ3v) is 15.1. The van der Waals surface area contributed by atoms with Crippen molar-refractivity contribution in [3.8, 4) is 0 Å². The molecule has 1 aliphatic heterocycles.